The number of nitrogens with two attached hydrogens (primary N) is 1. The molecule has 0 aromatic heterocycles. The second-order valence-electron chi connectivity index (χ2n) is 9.41. The summed E-state index contributed by atoms with van der Waals surface area (Å²) in [5.41, 5.74) is 6.47. The van der Waals surface area contributed by atoms with Crippen molar-refractivity contribution in [3.05, 3.63) is 29.8 Å². The molecule has 36 heavy (non-hydrogen) atoms. The molecule has 210 valence electrons. The van der Waals surface area contributed by atoms with Crippen molar-refractivity contribution in [1.82, 2.24) is 9.57 Å². The fourth-order valence-electron chi connectivity index (χ4n) is 3.20. The van der Waals surface area contributed by atoms with Gasteiger partial charge in [-0.15, -0.1) is 0 Å². The Kier molecular flexibility index (Phi) is 16.4. The van der Waals surface area contributed by atoms with Gasteiger partial charge in [0.15, 0.2) is 0 Å². The number of hydrogen-bond donors (Lipinski definition) is 2. The summed E-state index contributed by atoms with van der Waals surface area (Å²) in [6, 6.07) is 7.71. The Labute approximate surface area is 226 Å². The predicted molar refractivity (Wildman–Crippen MR) is 148 cm³/mol. The first-order chi connectivity index (χ1) is 17.0. The molecule has 0 saturated carbocycles. The van der Waals surface area contributed by atoms with Crippen LogP contribution in [-0.2, 0) is 25.4 Å². The van der Waals surface area contributed by atoms with Crippen LogP contribution < -0.4 is 10.2 Å². The van der Waals surface area contributed by atoms with E-state index < -0.39 is 13.6 Å². The number of alkyl halides is 2. The standard InChI is InChI=1S/C24H44Cl2N3O6P/c1-24(2,3)35-23(30)9-13-28(4)12-6-16-33-22-8-5-7-21(19-22)20-32-17-18-34-36(27,31)29(14-10-25)15-11-26/h5,7-8,19,31,36H,6,9-18,20,27H2,1-4H3. The minimum atomic E-state index is -3.52. The number of esters is 1. The van der Waals surface area contributed by atoms with E-state index in [9.17, 15) is 9.69 Å². The quantitative estimate of drug-likeness (QED) is 0.111. The van der Waals surface area contributed by atoms with Crippen LogP contribution in [0.2, 0.25) is 0 Å². The molecule has 1 aromatic rings. The molecule has 0 aliphatic rings. The monoisotopic (exact) mass is 571 g/mol. The zero-order valence-electron chi connectivity index (χ0n) is 22.0. The van der Waals surface area contributed by atoms with Gasteiger partial charge in [0.25, 0.3) is 0 Å². The molecule has 0 radical (unpaired) electrons. The summed E-state index contributed by atoms with van der Waals surface area (Å²) in [7, 11) is -1.54. The molecule has 1 rings (SSSR count). The van der Waals surface area contributed by atoms with Gasteiger partial charge in [0.1, 0.15) is 5.60 Å². The van der Waals surface area contributed by atoms with Gasteiger partial charge in [-0.2, -0.15) is 0 Å². The Bertz CT molecular complexity index is 749. The minimum absolute atomic E-state index is 0.165. The van der Waals surface area contributed by atoms with Crippen molar-refractivity contribution < 1.29 is 28.4 Å². The van der Waals surface area contributed by atoms with Crippen molar-refractivity contribution in [2.24, 2.45) is 5.50 Å². The number of nitrogens with zero attached hydrogens (tertiary/aromatic N) is 2. The van der Waals surface area contributed by atoms with E-state index in [1.807, 2.05) is 52.1 Å². The van der Waals surface area contributed by atoms with Crippen LogP contribution in [-0.4, -0.2) is 90.8 Å². The Morgan fingerprint density at radius 2 is 1.78 bits per heavy atom. The number of carbonyl (C=O) groups is 1. The summed E-state index contributed by atoms with van der Waals surface area (Å²) in [4.78, 5) is 24.3. The van der Waals surface area contributed by atoms with Crippen LogP contribution >= 0.6 is 31.2 Å². The van der Waals surface area contributed by atoms with E-state index >= 15 is 0 Å². The Balaban J connectivity index is 2.27. The van der Waals surface area contributed by atoms with Gasteiger partial charge in [0, 0.05) is 6.54 Å². The average molecular weight is 573 g/mol. The van der Waals surface area contributed by atoms with E-state index in [0.717, 1.165) is 24.3 Å². The van der Waals surface area contributed by atoms with Crippen molar-refractivity contribution >= 4 is 37.2 Å². The van der Waals surface area contributed by atoms with E-state index in [0.29, 0.717) is 51.0 Å². The zero-order valence-corrected chi connectivity index (χ0v) is 24.5. The van der Waals surface area contributed by atoms with E-state index in [2.05, 4.69) is 4.90 Å². The molecule has 0 amide bonds. The van der Waals surface area contributed by atoms with Crippen molar-refractivity contribution in [2.45, 2.75) is 45.8 Å². The molecular formula is C24H44Cl2N3O6P. The molecule has 9 nitrogen and oxygen atoms in total. The maximum absolute atomic E-state index is 11.8. The van der Waals surface area contributed by atoms with Gasteiger partial charge >= 0.3 is 166 Å². The molecule has 12 heteroatoms. The molecule has 3 N–H and O–H groups in total. The van der Waals surface area contributed by atoms with Crippen LogP contribution in [0.4, 0.5) is 0 Å². The molecule has 0 aliphatic heterocycles. The average Bonchev–Trinajstić information content (AvgIpc) is 2.79. The van der Waals surface area contributed by atoms with Crippen molar-refractivity contribution in [3.63, 3.8) is 0 Å². The summed E-state index contributed by atoms with van der Waals surface area (Å²) >= 11 is 11.5. The molecule has 0 saturated heterocycles. The van der Waals surface area contributed by atoms with Gasteiger partial charge in [-0.1, -0.05) is 0 Å². The van der Waals surface area contributed by atoms with Gasteiger partial charge in [0.2, 0.25) is 0 Å². The Hall–Kier alpha value is -0.740. The topological polar surface area (TPSA) is 107 Å². The molecule has 0 spiro atoms. The molecule has 0 heterocycles. The number of ether oxygens (including phenoxy) is 3. The molecule has 0 bridgehead atoms. The molecular weight excluding hydrogens is 528 g/mol. The van der Waals surface area contributed by atoms with Crippen molar-refractivity contribution in [2.75, 3.05) is 64.8 Å². The van der Waals surface area contributed by atoms with E-state index in [4.69, 9.17) is 47.4 Å². The first kappa shape index (κ1) is 33.3. The SMILES string of the molecule is CN(CCCOc1cccc(COCCO[PH](N)(O)N(CCCl)CCCl)c1)CCC(=O)OC(C)(C)C. The molecule has 0 aliphatic carbocycles. The maximum Gasteiger partial charge on any atom is 0.307 e. The molecule has 0 fully saturated rings. The first-order valence-electron chi connectivity index (χ1n) is 12.2. The van der Waals surface area contributed by atoms with E-state index in [1.54, 1.807) is 4.67 Å². The third-order valence-electron chi connectivity index (χ3n) is 4.94. The van der Waals surface area contributed by atoms with E-state index in [-0.39, 0.29) is 19.2 Å². The normalized spacial score (nSPS) is 12.8. The van der Waals surface area contributed by atoms with Gasteiger partial charge in [0.05, 0.1) is 6.42 Å². The van der Waals surface area contributed by atoms with Crippen LogP contribution in [0.15, 0.2) is 24.3 Å². The largest absolute Gasteiger partial charge is 0.460 e. The Morgan fingerprint density at radius 3 is 2.42 bits per heavy atom. The number of halogens is 2. The van der Waals surface area contributed by atoms with Gasteiger partial charge in [-0.05, 0) is 27.8 Å². The summed E-state index contributed by atoms with van der Waals surface area (Å²) < 4.78 is 24.0. The minimum Gasteiger partial charge on any atom is -0.460 e. The number of carbonyl (C=O) groups excluding carboxylic acids is 1. The molecule has 0 atom stereocenters. The summed E-state index contributed by atoms with van der Waals surface area (Å²) in [5, 5.41) is 0. The Morgan fingerprint density at radius 1 is 1.08 bits per heavy atom. The summed E-state index contributed by atoms with van der Waals surface area (Å²) in [5.74, 6) is 1.24. The van der Waals surface area contributed by atoms with E-state index in [1.165, 1.54) is 0 Å². The second-order valence-corrected chi connectivity index (χ2v) is 12.4. The first-order valence-corrected chi connectivity index (χ1v) is 15.1. The van der Waals surface area contributed by atoms with Gasteiger partial charge in [-0.3, -0.25) is 4.79 Å². The summed E-state index contributed by atoms with van der Waals surface area (Å²) in [6.45, 7) is 9.27. The van der Waals surface area contributed by atoms with Crippen molar-refractivity contribution in [1.29, 1.82) is 0 Å². The zero-order chi connectivity index (χ0) is 27.0. The second kappa shape index (κ2) is 17.7. The number of benzene rings is 1. The third-order valence-corrected chi connectivity index (χ3v) is 7.26. The predicted octanol–water partition coefficient (Wildman–Crippen LogP) is 3.79. The molecule has 0 unspecified atom stereocenters. The molecule has 1 aromatic carbocycles. The summed E-state index contributed by atoms with van der Waals surface area (Å²) in [6.07, 6.45) is 1.20. The third kappa shape index (κ3) is 15.5. The van der Waals surface area contributed by atoms with Crippen LogP contribution in [0.5, 0.6) is 5.75 Å². The fraction of sp³-hybridized carbons (Fsp3) is 0.708. The van der Waals surface area contributed by atoms with Crippen molar-refractivity contribution in [3.8, 4) is 5.75 Å². The van der Waals surface area contributed by atoms with Crippen LogP contribution in [0, 0.1) is 0 Å². The maximum atomic E-state index is 11.8. The van der Waals surface area contributed by atoms with Gasteiger partial charge < -0.3 is 9.64 Å². The van der Waals surface area contributed by atoms with Crippen LogP contribution in [0.25, 0.3) is 0 Å². The number of rotatable bonds is 19. The van der Waals surface area contributed by atoms with Crippen LogP contribution in [0.1, 0.15) is 39.2 Å². The fourth-order valence-corrected chi connectivity index (χ4v) is 5.33. The smallest absolute Gasteiger partial charge is 0.307 e. The van der Waals surface area contributed by atoms with Gasteiger partial charge in [-0.25, -0.2) is 0 Å². The number of hydrogen-bond acceptors (Lipinski definition) is 9. The van der Waals surface area contributed by atoms with Crippen LogP contribution in [0.3, 0.4) is 0 Å².